The van der Waals surface area contributed by atoms with Crippen LogP contribution in [0, 0.1) is 0 Å². The fourth-order valence-electron chi connectivity index (χ4n) is 1.56. The second-order valence-electron chi connectivity index (χ2n) is 4.20. The van der Waals surface area contributed by atoms with Crippen LogP contribution in [0.2, 0.25) is 5.02 Å². The monoisotopic (exact) mass is 258 g/mol. The lowest BCUT2D eigenvalue weighted by Gasteiger charge is -2.11. The molecule has 0 aliphatic heterocycles. The fraction of sp³-hybridized carbons (Fsp3) is 0.133. The third-order valence-corrected chi connectivity index (χ3v) is 2.93. The molecule has 0 N–H and O–H groups in total. The number of para-hydroxylation sites is 1. The minimum Gasteiger partial charge on any atom is -0.378 e. The third-order valence-electron chi connectivity index (χ3n) is 2.61. The maximum Gasteiger partial charge on any atom is 0.0816 e. The van der Waals surface area contributed by atoms with Gasteiger partial charge in [-0.05, 0) is 29.8 Å². The topological polar surface area (TPSA) is 15.6 Å². The van der Waals surface area contributed by atoms with Gasteiger partial charge in [0, 0.05) is 26.0 Å². The lowest BCUT2D eigenvalue weighted by molar-refractivity contribution is 1.13. The number of hydrogen-bond acceptors (Lipinski definition) is 2. The molecule has 0 bridgehead atoms. The summed E-state index contributed by atoms with van der Waals surface area (Å²) in [5, 5.41) is 0.665. The summed E-state index contributed by atoms with van der Waals surface area (Å²) in [5.74, 6) is 0. The molecule has 0 saturated heterocycles. The Morgan fingerprint density at radius 2 is 1.67 bits per heavy atom. The van der Waals surface area contributed by atoms with Crippen LogP contribution < -0.4 is 4.90 Å². The second kappa shape index (κ2) is 5.69. The summed E-state index contributed by atoms with van der Waals surface area (Å²) in [7, 11) is 4.04. The van der Waals surface area contributed by atoms with Crippen molar-refractivity contribution < 1.29 is 0 Å². The highest BCUT2D eigenvalue weighted by Gasteiger charge is 1.96. The average molecular weight is 259 g/mol. The van der Waals surface area contributed by atoms with E-state index in [-0.39, 0.29) is 0 Å². The molecule has 0 spiro atoms. The molecule has 0 fully saturated rings. The van der Waals surface area contributed by atoms with Gasteiger partial charge in [0.05, 0.1) is 10.7 Å². The molecule has 2 aromatic rings. The van der Waals surface area contributed by atoms with Gasteiger partial charge in [-0.2, -0.15) is 0 Å². The zero-order chi connectivity index (χ0) is 13.0. The van der Waals surface area contributed by atoms with Crippen LogP contribution in [0.25, 0.3) is 0 Å². The summed E-state index contributed by atoms with van der Waals surface area (Å²) in [6.45, 7) is 0. The van der Waals surface area contributed by atoms with Crippen LogP contribution in [0.1, 0.15) is 5.56 Å². The first kappa shape index (κ1) is 12.7. The lowest BCUT2D eigenvalue weighted by atomic mass is 10.2. The largest absolute Gasteiger partial charge is 0.378 e. The van der Waals surface area contributed by atoms with Crippen LogP contribution >= 0.6 is 11.6 Å². The second-order valence-corrected chi connectivity index (χ2v) is 4.60. The van der Waals surface area contributed by atoms with Crippen molar-refractivity contribution in [3.63, 3.8) is 0 Å². The van der Waals surface area contributed by atoms with E-state index in [1.807, 2.05) is 56.7 Å². The van der Waals surface area contributed by atoms with E-state index in [9.17, 15) is 0 Å². The SMILES string of the molecule is CN(C)c1ccc(C=Nc2ccccc2Cl)cc1. The Bertz CT molecular complexity index is 545. The Hall–Kier alpha value is -1.80. The molecule has 0 radical (unpaired) electrons. The van der Waals surface area contributed by atoms with Gasteiger partial charge >= 0.3 is 0 Å². The number of rotatable bonds is 3. The summed E-state index contributed by atoms with van der Waals surface area (Å²) in [4.78, 5) is 6.44. The molecule has 3 heteroatoms. The molecule has 0 saturated carbocycles. The summed E-state index contributed by atoms with van der Waals surface area (Å²) < 4.78 is 0. The normalized spacial score (nSPS) is 10.8. The molecule has 0 atom stereocenters. The maximum atomic E-state index is 6.04. The van der Waals surface area contributed by atoms with Gasteiger partial charge in [-0.15, -0.1) is 0 Å². The number of aliphatic imine (C=N–C) groups is 1. The Morgan fingerprint density at radius 3 is 2.28 bits per heavy atom. The van der Waals surface area contributed by atoms with E-state index in [4.69, 9.17) is 11.6 Å². The van der Waals surface area contributed by atoms with Crippen LogP contribution in [0.4, 0.5) is 11.4 Å². The Morgan fingerprint density at radius 1 is 1.00 bits per heavy atom. The summed E-state index contributed by atoms with van der Waals surface area (Å²) >= 11 is 6.04. The van der Waals surface area contributed by atoms with Crippen molar-refractivity contribution in [3.05, 3.63) is 59.1 Å². The quantitative estimate of drug-likeness (QED) is 0.755. The first-order valence-corrected chi connectivity index (χ1v) is 6.10. The zero-order valence-electron chi connectivity index (χ0n) is 10.5. The first-order chi connectivity index (χ1) is 8.66. The molecule has 0 unspecified atom stereocenters. The van der Waals surface area contributed by atoms with E-state index in [1.165, 1.54) is 5.69 Å². The standard InChI is InChI=1S/C15H15ClN2/c1-18(2)13-9-7-12(8-10-13)11-17-15-6-4-3-5-14(15)16/h3-11H,1-2H3. The van der Waals surface area contributed by atoms with Gasteiger partial charge in [-0.25, -0.2) is 0 Å². The van der Waals surface area contributed by atoms with Crippen molar-refractivity contribution in [3.8, 4) is 0 Å². The van der Waals surface area contributed by atoms with Gasteiger partial charge in [0.15, 0.2) is 0 Å². The van der Waals surface area contributed by atoms with Crippen molar-refractivity contribution in [2.24, 2.45) is 4.99 Å². The summed E-state index contributed by atoms with van der Waals surface area (Å²) in [6, 6.07) is 15.8. The van der Waals surface area contributed by atoms with Crippen LogP contribution in [0.15, 0.2) is 53.5 Å². The van der Waals surface area contributed by atoms with E-state index in [1.54, 1.807) is 0 Å². The molecular formula is C15H15ClN2. The number of halogens is 1. The summed E-state index contributed by atoms with van der Waals surface area (Å²) in [6.07, 6.45) is 1.82. The van der Waals surface area contributed by atoms with Gasteiger partial charge < -0.3 is 4.90 Å². The van der Waals surface area contributed by atoms with E-state index in [2.05, 4.69) is 22.0 Å². The number of anilines is 1. The van der Waals surface area contributed by atoms with Crippen molar-refractivity contribution in [1.29, 1.82) is 0 Å². The van der Waals surface area contributed by atoms with E-state index < -0.39 is 0 Å². The third kappa shape index (κ3) is 3.11. The highest BCUT2D eigenvalue weighted by Crippen LogP contribution is 2.23. The molecule has 18 heavy (non-hydrogen) atoms. The average Bonchev–Trinajstić information content (AvgIpc) is 2.38. The minimum absolute atomic E-state index is 0.665. The van der Waals surface area contributed by atoms with Crippen LogP contribution in [0.3, 0.4) is 0 Å². The molecule has 0 amide bonds. The molecule has 2 aromatic carbocycles. The molecule has 0 aromatic heterocycles. The molecule has 0 aliphatic carbocycles. The first-order valence-electron chi connectivity index (χ1n) is 5.73. The molecule has 2 nitrogen and oxygen atoms in total. The fourth-order valence-corrected chi connectivity index (χ4v) is 1.74. The molecule has 2 rings (SSSR count). The highest BCUT2D eigenvalue weighted by atomic mass is 35.5. The number of benzene rings is 2. The molecular weight excluding hydrogens is 244 g/mol. The van der Waals surface area contributed by atoms with Crippen LogP contribution in [0.5, 0.6) is 0 Å². The van der Waals surface area contributed by atoms with E-state index in [0.29, 0.717) is 5.02 Å². The minimum atomic E-state index is 0.665. The Balaban J connectivity index is 2.17. The smallest absolute Gasteiger partial charge is 0.0816 e. The van der Waals surface area contributed by atoms with E-state index in [0.717, 1.165) is 11.3 Å². The maximum absolute atomic E-state index is 6.04. The van der Waals surface area contributed by atoms with Crippen LogP contribution in [-0.2, 0) is 0 Å². The van der Waals surface area contributed by atoms with Crippen molar-refractivity contribution >= 4 is 29.2 Å². The molecule has 0 heterocycles. The predicted octanol–water partition coefficient (Wildman–Crippen LogP) is 4.16. The predicted molar refractivity (Wildman–Crippen MR) is 79.5 cm³/mol. The lowest BCUT2D eigenvalue weighted by Crippen LogP contribution is -2.08. The van der Waals surface area contributed by atoms with Gasteiger partial charge in [0.2, 0.25) is 0 Å². The van der Waals surface area contributed by atoms with Gasteiger partial charge in [0.1, 0.15) is 0 Å². The number of nitrogens with zero attached hydrogens (tertiary/aromatic N) is 2. The van der Waals surface area contributed by atoms with Gasteiger partial charge in [-0.3, -0.25) is 4.99 Å². The van der Waals surface area contributed by atoms with Crippen molar-refractivity contribution in [1.82, 2.24) is 0 Å². The zero-order valence-corrected chi connectivity index (χ0v) is 11.2. The Labute approximate surface area is 113 Å². The van der Waals surface area contributed by atoms with Crippen LogP contribution in [-0.4, -0.2) is 20.3 Å². The van der Waals surface area contributed by atoms with Gasteiger partial charge in [-0.1, -0.05) is 35.9 Å². The molecule has 92 valence electrons. The van der Waals surface area contributed by atoms with Crippen molar-refractivity contribution in [2.45, 2.75) is 0 Å². The van der Waals surface area contributed by atoms with Gasteiger partial charge in [0.25, 0.3) is 0 Å². The summed E-state index contributed by atoms with van der Waals surface area (Å²) in [5.41, 5.74) is 3.02. The molecule has 0 aliphatic rings. The van der Waals surface area contributed by atoms with Crippen molar-refractivity contribution in [2.75, 3.05) is 19.0 Å². The van der Waals surface area contributed by atoms with E-state index >= 15 is 0 Å². The number of hydrogen-bond donors (Lipinski definition) is 0. The highest BCUT2D eigenvalue weighted by molar-refractivity contribution is 6.33. The Kier molecular flexibility index (Phi) is 4.00.